The van der Waals surface area contributed by atoms with E-state index in [0.29, 0.717) is 25.7 Å². The van der Waals surface area contributed by atoms with Crippen LogP contribution in [0.25, 0.3) is 0 Å². The Morgan fingerprint density at radius 3 is 2.60 bits per heavy atom. The third kappa shape index (κ3) is 5.64. The third-order valence-corrected chi connectivity index (χ3v) is 5.98. The van der Waals surface area contributed by atoms with Gasteiger partial charge in [0.2, 0.25) is 10.0 Å². The highest BCUT2D eigenvalue weighted by molar-refractivity contribution is 7.89. The van der Waals surface area contributed by atoms with Crippen LogP contribution >= 0.6 is 0 Å². The van der Waals surface area contributed by atoms with E-state index in [2.05, 4.69) is 4.72 Å². The maximum atomic E-state index is 14.1. The van der Waals surface area contributed by atoms with Crippen LogP contribution in [0.15, 0.2) is 41.3 Å². The fourth-order valence-electron chi connectivity index (χ4n) is 3.04. The van der Waals surface area contributed by atoms with Crippen molar-refractivity contribution >= 4 is 16.0 Å². The lowest BCUT2D eigenvalue weighted by molar-refractivity contribution is -0.136. The average molecular weight is 369 g/mol. The first-order valence-corrected chi connectivity index (χ1v) is 9.88. The van der Waals surface area contributed by atoms with Crippen LogP contribution in [-0.2, 0) is 14.8 Å². The van der Waals surface area contributed by atoms with Crippen molar-refractivity contribution in [3.63, 3.8) is 0 Å². The molecule has 1 saturated carbocycles. The van der Waals surface area contributed by atoms with Crippen LogP contribution in [0.3, 0.4) is 0 Å². The van der Waals surface area contributed by atoms with Crippen LogP contribution in [0.5, 0.6) is 0 Å². The molecule has 2 N–H and O–H groups in total. The Morgan fingerprint density at radius 2 is 1.96 bits per heavy atom. The predicted molar refractivity (Wildman–Crippen MR) is 93.5 cm³/mol. The highest BCUT2D eigenvalue weighted by atomic mass is 32.2. The number of halogens is 1. The number of benzene rings is 1. The molecule has 138 valence electrons. The first-order chi connectivity index (χ1) is 11.8. The SMILES string of the molecule is Cc1ccc(S(=O)(=O)N[C@H]2CC[C@@H](F)[C@@H]2C/C=C\CCC(=O)O)cc1. The molecule has 0 saturated heterocycles. The van der Waals surface area contributed by atoms with E-state index >= 15 is 0 Å². The second kappa shape index (κ2) is 8.58. The molecule has 1 aromatic carbocycles. The number of sulfonamides is 1. The van der Waals surface area contributed by atoms with Crippen LogP contribution in [0.1, 0.15) is 37.7 Å². The number of nitrogens with one attached hydrogen (secondary N) is 1. The van der Waals surface area contributed by atoms with Gasteiger partial charge in [-0.1, -0.05) is 29.8 Å². The number of hydrogen-bond acceptors (Lipinski definition) is 3. The Kier molecular flexibility index (Phi) is 6.72. The molecule has 0 aliphatic heterocycles. The molecule has 5 nitrogen and oxygen atoms in total. The molecule has 1 fully saturated rings. The summed E-state index contributed by atoms with van der Waals surface area (Å²) in [6.45, 7) is 1.88. The number of hydrogen-bond donors (Lipinski definition) is 2. The Bertz CT molecular complexity index is 715. The second-order valence-electron chi connectivity index (χ2n) is 6.44. The Labute approximate surface area is 148 Å². The first kappa shape index (κ1) is 19.6. The zero-order valence-electron chi connectivity index (χ0n) is 14.2. The number of carboxylic acid groups (broad SMARTS) is 1. The van der Waals surface area contributed by atoms with Gasteiger partial charge in [-0.05, 0) is 44.7 Å². The Hall–Kier alpha value is -1.73. The number of rotatable bonds is 8. The fourth-order valence-corrected chi connectivity index (χ4v) is 4.36. The van der Waals surface area contributed by atoms with Gasteiger partial charge in [-0.3, -0.25) is 4.79 Å². The molecule has 0 unspecified atom stereocenters. The monoisotopic (exact) mass is 369 g/mol. The molecule has 3 atom stereocenters. The molecule has 1 aliphatic carbocycles. The zero-order valence-corrected chi connectivity index (χ0v) is 15.0. The highest BCUT2D eigenvalue weighted by Gasteiger charge is 2.37. The highest BCUT2D eigenvalue weighted by Crippen LogP contribution is 2.33. The summed E-state index contributed by atoms with van der Waals surface area (Å²) in [5.74, 6) is -1.31. The molecule has 0 heterocycles. The van der Waals surface area contributed by atoms with Gasteiger partial charge in [0.05, 0.1) is 4.90 Å². The summed E-state index contributed by atoms with van der Waals surface area (Å²) in [7, 11) is -3.68. The summed E-state index contributed by atoms with van der Waals surface area (Å²) in [6.07, 6.45) is 4.00. The van der Waals surface area contributed by atoms with Crippen molar-refractivity contribution in [2.45, 2.75) is 56.1 Å². The van der Waals surface area contributed by atoms with Crippen molar-refractivity contribution in [3.8, 4) is 0 Å². The van der Waals surface area contributed by atoms with Gasteiger partial charge in [0.25, 0.3) is 0 Å². The number of carbonyl (C=O) groups is 1. The van der Waals surface area contributed by atoms with Crippen molar-refractivity contribution < 1.29 is 22.7 Å². The van der Waals surface area contributed by atoms with E-state index in [1.165, 1.54) is 0 Å². The summed E-state index contributed by atoms with van der Waals surface area (Å²) in [5, 5.41) is 8.59. The zero-order chi connectivity index (χ0) is 18.4. The number of allylic oxidation sites excluding steroid dienone is 2. The maximum absolute atomic E-state index is 14.1. The molecule has 1 aliphatic rings. The van der Waals surface area contributed by atoms with E-state index in [1.54, 1.807) is 36.4 Å². The van der Waals surface area contributed by atoms with E-state index in [-0.39, 0.29) is 11.3 Å². The molecular formula is C18H24FNO4S. The first-order valence-electron chi connectivity index (χ1n) is 8.39. The van der Waals surface area contributed by atoms with E-state index in [4.69, 9.17) is 5.11 Å². The van der Waals surface area contributed by atoms with Crippen LogP contribution in [-0.4, -0.2) is 31.7 Å². The van der Waals surface area contributed by atoms with Gasteiger partial charge in [0.1, 0.15) is 6.17 Å². The molecule has 7 heteroatoms. The van der Waals surface area contributed by atoms with Gasteiger partial charge in [0, 0.05) is 18.4 Å². The average Bonchev–Trinajstić information content (AvgIpc) is 2.87. The summed E-state index contributed by atoms with van der Waals surface area (Å²) in [4.78, 5) is 10.6. The van der Waals surface area contributed by atoms with Gasteiger partial charge >= 0.3 is 5.97 Å². The quantitative estimate of drug-likeness (QED) is 0.689. The summed E-state index contributed by atoms with van der Waals surface area (Å²) in [5.41, 5.74) is 0.966. The van der Waals surface area contributed by atoms with Crippen molar-refractivity contribution in [2.24, 2.45) is 5.92 Å². The summed E-state index contributed by atoms with van der Waals surface area (Å²) < 4.78 is 41.8. The smallest absolute Gasteiger partial charge is 0.303 e. The number of aryl methyl sites for hydroxylation is 1. The van der Waals surface area contributed by atoms with E-state index in [0.717, 1.165) is 5.56 Å². The van der Waals surface area contributed by atoms with Crippen LogP contribution in [0, 0.1) is 12.8 Å². The minimum Gasteiger partial charge on any atom is -0.481 e. The topological polar surface area (TPSA) is 83.5 Å². The molecule has 0 aromatic heterocycles. The van der Waals surface area contributed by atoms with Crippen LogP contribution < -0.4 is 4.72 Å². The Balaban J connectivity index is 1.99. The molecule has 0 radical (unpaired) electrons. The fraction of sp³-hybridized carbons (Fsp3) is 0.500. The standard InChI is InChI=1S/C18H24FNO4S/c1-13-7-9-14(10-8-13)25(23,24)20-17-12-11-16(19)15(17)5-3-2-4-6-18(21)22/h2-3,7-10,15-17,20H,4-6,11-12H2,1H3,(H,21,22)/b3-2-/t15-,16+,17-/m0/s1. The van der Waals surface area contributed by atoms with Gasteiger partial charge in [-0.15, -0.1) is 0 Å². The molecule has 1 aromatic rings. The van der Waals surface area contributed by atoms with Gasteiger partial charge in [0.15, 0.2) is 0 Å². The number of aliphatic carboxylic acids is 1. The number of alkyl halides is 1. The third-order valence-electron chi connectivity index (χ3n) is 4.47. The summed E-state index contributed by atoms with van der Waals surface area (Å²) >= 11 is 0. The summed E-state index contributed by atoms with van der Waals surface area (Å²) in [6, 6.07) is 6.08. The lowest BCUT2D eigenvalue weighted by Gasteiger charge is -2.21. The van der Waals surface area contributed by atoms with Crippen molar-refractivity contribution in [1.82, 2.24) is 4.72 Å². The second-order valence-corrected chi connectivity index (χ2v) is 8.15. The van der Waals surface area contributed by atoms with Gasteiger partial charge in [-0.25, -0.2) is 17.5 Å². The van der Waals surface area contributed by atoms with E-state index < -0.39 is 34.1 Å². The minimum absolute atomic E-state index is 0.0315. The Morgan fingerprint density at radius 1 is 1.28 bits per heavy atom. The normalized spacial score (nSPS) is 24.0. The van der Waals surface area contributed by atoms with Crippen molar-refractivity contribution in [3.05, 3.63) is 42.0 Å². The van der Waals surface area contributed by atoms with Crippen LogP contribution in [0.2, 0.25) is 0 Å². The molecule has 0 bridgehead atoms. The molecule has 0 amide bonds. The van der Waals surface area contributed by atoms with Crippen LogP contribution in [0.4, 0.5) is 4.39 Å². The lowest BCUT2D eigenvalue weighted by Crippen LogP contribution is -2.38. The van der Waals surface area contributed by atoms with Crippen molar-refractivity contribution in [1.29, 1.82) is 0 Å². The van der Waals surface area contributed by atoms with Crippen molar-refractivity contribution in [2.75, 3.05) is 0 Å². The van der Waals surface area contributed by atoms with Gasteiger partial charge in [-0.2, -0.15) is 0 Å². The van der Waals surface area contributed by atoms with E-state index in [1.807, 2.05) is 6.92 Å². The number of carboxylic acids is 1. The minimum atomic E-state index is -3.68. The molecule has 2 rings (SSSR count). The predicted octanol–water partition coefficient (Wildman–Crippen LogP) is 3.20. The van der Waals surface area contributed by atoms with E-state index in [9.17, 15) is 17.6 Å². The molecule has 0 spiro atoms. The largest absolute Gasteiger partial charge is 0.481 e. The lowest BCUT2D eigenvalue weighted by atomic mass is 9.98. The molecule has 25 heavy (non-hydrogen) atoms. The molecular weight excluding hydrogens is 345 g/mol. The maximum Gasteiger partial charge on any atom is 0.303 e. The van der Waals surface area contributed by atoms with Gasteiger partial charge < -0.3 is 5.11 Å².